The van der Waals surface area contributed by atoms with E-state index in [-0.39, 0.29) is 11.5 Å². The maximum Gasteiger partial charge on any atom is 0.573 e. The average Bonchev–Trinajstić information content (AvgIpc) is 3.09. The number of hydrogen-bond donors (Lipinski definition) is 4. The van der Waals surface area contributed by atoms with Crippen molar-refractivity contribution in [1.29, 1.82) is 0 Å². The molecular weight excluding hydrogens is 467 g/mol. The minimum absolute atomic E-state index is 0.0206. The highest BCUT2D eigenvalue weighted by molar-refractivity contribution is 7.92. The number of amides is 1. The molecule has 2 aromatic rings. The molecule has 1 aliphatic rings. The van der Waals surface area contributed by atoms with Crippen LogP contribution in [0.5, 0.6) is 5.75 Å². The number of guanidine groups is 1. The largest absolute Gasteiger partial charge is 0.573 e. The summed E-state index contributed by atoms with van der Waals surface area (Å²) < 4.78 is 69.3. The smallest absolute Gasteiger partial charge is 0.403 e. The Morgan fingerprint density at radius 3 is 2.58 bits per heavy atom. The summed E-state index contributed by atoms with van der Waals surface area (Å²) in [5.74, 6) is -1.82. The summed E-state index contributed by atoms with van der Waals surface area (Å²) in [5.41, 5.74) is 3.74. The van der Waals surface area contributed by atoms with E-state index in [1.165, 1.54) is 30.4 Å². The van der Waals surface area contributed by atoms with E-state index in [0.717, 1.165) is 18.2 Å². The van der Waals surface area contributed by atoms with Gasteiger partial charge in [-0.2, -0.15) is 8.42 Å². The number of hydrazone groups is 1. The van der Waals surface area contributed by atoms with Gasteiger partial charge in [0.25, 0.3) is 15.9 Å². The second kappa shape index (κ2) is 8.44. The van der Waals surface area contributed by atoms with Gasteiger partial charge in [-0.25, -0.2) is 10.5 Å². The predicted octanol–water partition coefficient (Wildman–Crippen LogP) is 1.39. The Labute approximate surface area is 178 Å². The van der Waals surface area contributed by atoms with Crippen LogP contribution < -0.4 is 25.8 Å². The molecule has 0 fully saturated rings. The van der Waals surface area contributed by atoms with Crippen LogP contribution in [0.4, 0.5) is 18.9 Å². The number of hydrazine groups is 2. The highest BCUT2D eigenvalue weighted by Crippen LogP contribution is 2.39. The van der Waals surface area contributed by atoms with Crippen molar-refractivity contribution in [3.63, 3.8) is 0 Å². The summed E-state index contributed by atoms with van der Waals surface area (Å²) in [6.07, 6.45) is -3.98. The van der Waals surface area contributed by atoms with Crippen molar-refractivity contribution in [2.75, 3.05) is 11.8 Å². The first kappa shape index (κ1) is 22.4. The Balaban J connectivity index is 2.01. The first-order chi connectivity index (χ1) is 14.5. The molecule has 0 bridgehead atoms. The third kappa shape index (κ3) is 5.25. The topological polar surface area (TPSA) is 137 Å². The minimum Gasteiger partial charge on any atom is -0.403 e. The van der Waals surface area contributed by atoms with E-state index >= 15 is 0 Å². The number of anilines is 1. The summed E-state index contributed by atoms with van der Waals surface area (Å²) in [4.78, 5) is 16.2. The molecule has 1 aromatic carbocycles. The molecule has 4 N–H and O–H groups in total. The van der Waals surface area contributed by atoms with Crippen LogP contribution in [0.2, 0.25) is 5.02 Å². The number of rotatable bonds is 5. The Bertz CT molecular complexity index is 1130. The lowest BCUT2D eigenvalue weighted by Crippen LogP contribution is -2.45. The highest BCUT2D eigenvalue weighted by Gasteiger charge is 2.34. The number of alkyl halides is 3. The third-order valence-corrected chi connectivity index (χ3v) is 5.30. The number of benzene rings is 1. The van der Waals surface area contributed by atoms with Crippen LogP contribution in [0.1, 0.15) is 10.4 Å². The first-order valence-corrected chi connectivity index (χ1v) is 9.99. The van der Waals surface area contributed by atoms with Gasteiger partial charge in [0, 0.05) is 13.2 Å². The number of carbonyl (C=O) groups is 1. The Morgan fingerprint density at radius 1 is 1.26 bits per heavy atom. The van der Waals surface area contributed by atoms with E-state index in [1.54, 1.807) is 0 Å². The van der Waals surface area contributed by atoms with Gasteiger partial charge in [0.2, 0.25) is 5.96 Å². The van der Waals surface area contributed by atoms with Crippen LogP contribution in [-0.2, 0) is 10.0 Å². The van der Waals surface area contributed by atoms with Gasteiger partial charge in [-0.15, -0.1) is 23.8 Å². The Hall–Kier alpha value is -3.30. The summed E-state index contributed by atoms with van der Waals surface area (Å²) in [5, 5.41) is 6.23. The molecule has 0 unspecified atom stereocenters. The number of nitrogens with one attached hydrogen (secondary N) is 4. The number of carbonyl (C=O) groups excluding carboxylic acids is 1. The molecule has 11 nitrogen and oxygen atoms in total. The minimum atomic E-state index is -5.16. The van der Waals surface area contributed by atoms with Crippen molar-refractivity contribution in [1.82, 2.24) is 26.4 Å². The van der Waals surface area contributed by atoms with Gasteiger partial charge in [0.1, 0.15) is 5.69 Å². The van der Waals surface area contributed by atoms with Gasteiger partial charge >= 0.3 is 6.36 Å². The molecule has 31 heavy (non-hydrogen) atoms. The Morgan fingerprint density at radius 2 is 2.00 bits per heavy atom. The highest BCUT2D eigenvalue weighted by atomic mass is 35.5. The van der Waals surface area contributed by atoms with Crippen molar-refractivity contribution < 1.29 is 31.1 Å². The zero-order valence-corrected chi connectivity index (χ0v) is 16.9. The zero-order chi connectivity index (χ0) is 22.8. The van der Waals surface area contributed by atoms with Crippen LogP contribution >= 0.6 is 11.6 Å². The standard InChI is InChI=1S/C15H13ClF3N7O4S/c1-26-14(22-24-25-26)21-13(27)8-5-6-9(30-15(17,18)19)12(11(8)16)23-31(28,29)10-4-2-3-7-20-10/h2-7,23-25H,1H3,(H,21,22,27). The van der Waals surface area contributed by atoms with Crippen LogP contribution in [0.15, 0.2) is 46.7 Å². The molecule has 0 spiro atoms. The number of ether oxygens (including phenoxy) is 1. The number of nitrogens with zero attached hydrogens (tertiary/aromatic N) is 3. The number of hydrogen-bond acceptors (Lipinski definition) is 9. The SMILES string of the molecule is CN1NNN=C1NC(=O)c1ccc(OC(F)(F)F)c(NS(=O)(=O)c2ccccn2)c1Cl. The molecule has 3 rings (SSSR count). The Kier molecular flexibility index (Phi) is 6.10. The first-order valence-electron chi connectivity index (χ1n) is 8.13. The molecular formula is C15H13ClF3N7O4S. The molecule has 1 amide bonds. The third-order valence-electron chi connectivity index (χ3n) is 3.65. The van der Waals surface area contributed by atoms with Crippen molar-refractivity contribution in [2.45, 2.75) is 11.4 Å². The second-order valence-electron chi connectivity index (χ2n) is 5.79. The van der Waals surface area contributed by atoms with E-state index in [0.29, 0.717) is 0 Å². The van der Waals surface area contributed by atoms with Crippen LogP contribution in [-0.4, -0.2) is 43.7 Å². The van der Waals surface area contributed by atoms with Gasteiger partial charge < -0.3 is 4.74 Å². The quantitative estimate of drug-likeness (QED) is 0.505. The van der Waals surface area contributed by atoms with Crippen molar-refractivity contribution in [3.05, 3.63) is 47.1 Å². The molecule has 0 saturated heterocycles. The van der Waals surface area contributed by atoms with Crippen molar-refractivity contribution in [3.8, 4) is 5.75 Å². The molecule has 0 radical (unpaired) electrons. The molecule has 166 valence electrons. The van der Waals surface area contributed by atoms with E-state index in [4.69, 9.17) is 11.6 Å². The lowest BCUT2D eigenvalue weighted by molar-refractivity contribution is -0.274. The number of aromatic nitrogens is 1. The van der Waals surface area contributed by atoms with Crippen LogP contribution in [0, 0.1) is 0 Å². The fourth-order valence-electron chi connectivity index (χ4n) is 2.29. The summed E-state index contributed by atoms with van der Waals surface area (Å²) in [6, 6.07) is 5.61. The lowest BCUT2D eigenvalue weighted by atomic mass is 10.1. The molecule has 16 heteroatoms. The predicted molar refractivity (Wildman–Crippen MR) is 102 cm³/mol. The number of sulfonamides is 1. The maximum atomic E-state index is 12.8. The molecule has 2 heterocycles. The second-order valence-corrected chi connectivity index (χ2v) is 7.80. The van der Waals surface area contributed by atoms with Crippen molar-refractivity contribution >= 4 is 39.2 Å². The summed E-state index contributed by atoms with van der Waals surface area (Å²) in [7, 11) is -2.96. The van der Waals surface area contributed by atoms with Gasteiger partial charge in [-0.1, -0.05) is 17.7 Å². The van der Waals surface area contributed by atoms with E-state index < -0.39 is 43.8 Å². The summed E-state index contributed by atoms with van der Waals surface area (Å²) in [6.45, 7) is 0. The van der Waals surface area contributed by atoms with Gasteiger partial charge in [0.05, 0.1) is 10.6 Å². The van der Waals surface area contributed by atoms with Crippen molar-refractivity contribution in [2.24, 2.45) is 5.10 Å². The maximum absolute atomic E-state index is 12.8. The van der Waals surface area contributed by atoms with Gasteiger partial charge in [-0.05, 0) is 24.3 Å². The molecule has 1 aliphatic heterocycles. The lowest BCUT2D eigenvalue weighted by Gasteiger charge is -2.18. The molecule has 0 saturated carbocycles. The number of halogens is 4. The van der Waals surface area contributed by atoms with Crippen LogP contribution in [0.25, 0.3) is 0 Å². The average molecular weight is 480 g/mol. The normalized spacial score (nSPS) is 14.0. The van der Waals surface area contributed by atoms with E-state index in [2.05, 4.69) is 31.2 Å². The number of pyridine rings is 1. The van der Waals surface area contributed by atoms with Gasteiger partial charge in [0.15, 0.2) is 10.8 Å². The molecule has 1 aromatic heterocycles. The fraction of sp³-hybridized carbons (Fsp3) is 0.133. The molecule has 0 aliphatic carbocycles. The summed E-state index contributed by atoms with van der Waals surface area (Å²) >= 11 is 6.11. The molecule has 0 atom stereocenters. The van der Waals surface area contributed by atoms with Crippen LogP contribution in [0.3, 0.4) is 0 Å². The van der Waals surface area contributed by atoms with E-state index in [9.17, 15) is 26.4 Å². The fourth-order valence-corrected chi connectivity index (χ4v) is 3.67. The van der Waals surface area contributed by atoms with E-state index in [1.807, 2.05) is 4.72 Å². The monoisotopic (exact) mass is 479 g/mol. The zero-order valence-electron chi connectivity index (χ0n) is 15.4. The van der Waals surface area contributed by atoms with Gasteiger partial charge in [-0.3, -0.25) is 19.8 Å².